The maximum Gasteiger partial charge on any atom is 0.312 e. The van der Waals surface area contributed by atoms with Gasteiger partial charge in [-0.15, -0.1) is 0 Å². The summed E-state index contributed by atoms with van der Waals surface area (Å²) < 4.78 is 31.6. The van der Waals surface area contributed by atoms with E-state index < -0.39 is 6.55 Å². The molecule has 0 spiro atoms. The molecular weight excluding hydrogens is 396 g/mol. The molecule has 0 aromatic heterocycles. The average Bonchev–Trinajstić information content (AvgIpc) is 2.02. The molecule has 0 aliphatic rings. The lowest BCUT2D eigenvalue weighted by molar-refractivity contribution is 0.125. The fraction of sp³-hybridized carbons (Fsp3) is 0.400. The van der Waals surface area contributed by atoms with Gasteiger partial charge in [0.25, 0.3) is 0 Å². The highest BCUT2D eigenvalue weighted by molar-refractivity contribution is 14.1. The molecule has 0 aromatic rings. The molecule has 0 bridgehead atoms. The highest BCUT2D eigenvalue weighted by Crippen LogP contribution is 1.95. The maximum atomic E-state index is 11.5. The van der Waals surface area contributed by atoms with Gasteiger partial charge in [0.2, 0.25) is 0 Å². The van der Waals surface area contributed by atoms with Crippen LogP contribution in [0.3, 0.4) is 0 Å². The van der Waals surface area contributed by atoms with Gasteiger partial charge in [-0.1, -0.05) is 0 Å². The van der Waals surface area contributed by atoms with Crippen LogP contribution in [0, 0.1) is 0 Å². The molecule has 1 N–H and O–H groups in total. The first kappa shape index (κ1) is 12.5. The van der Waals surface area contributed by atoms with Gasteiger partial charge in [0, 0.05) is 6.20 Å². The Morgan fingerprint density at radius 3 is 2.75 bits per heavy atom. The third-order valence-electron chi connectivity index (χ3n) is 0.809. The van der Waals surface area contributed by atoms with Gasteiger partial charge in [-0.05, 0) is 6.08 Å². The summed E-state index contributed by atoms with van der Waals surface area (Å²) >= 11 is 3.47. The third kappa shape index (κ3) is 7.16. The number of nitrogens with one attached hydrogen (secondary N) is 1. The Kier molecular flexibility index (Phi) is 8.44. The zero-order valence-electron chi connectivity index (χ0n) is 5.81. The van der Waals surface area contributed by atoms with Gasteiger partial charge in [0.15, 0.2) is 0 Å². The van der Waals surface area contributed by atoms with Crippen LogP contribution in [0.2, 0.25) is 0 Å². The molecule has 12 heavy (non-hydrogen) atoms. The molecule has 0 saturated heterocycles. The standard InChI is InChI=1S/C5H6F2I2N2O/c6-5(7)10-2-1-4(11-8)3-12-9/h1-2,5,10H,3H2/b2-1-,11-4+. The minimum atomic E-state index is -2.54. The smallest absolute Gasteiger partial charge is 0.312 e. The lowest BCUT2D eigenvalue weighted by Gasteiger charge is -1.97. The molecule has 70 valence electrons. The van der Waals surface area contributed by atoms with Crippen LogP contribution in [0.15, 0.2) is 15.5 Å². The second-order valence-corrected chi connectivity index (χ2v) is 2.74. The van der Waals surface area contributed by atoms with Crippen LogP contribution in [0.5, 0.6) is 0 Å². The molecule has 0 heterocycles. The number of hydrogen-bond donors (Lipinski definition) is 1. The summed E-state index contributed by atoms with van der Waals surface area (Å²) in [7, 11) is 0. The Morgan fingerprint density at radius 1 is 1.67 bits per heavy atom. The largest absolute Gasteiger partial charge is 0.336 e. The predicted octanol–water partition coefficient (Wildman–Crippen LogP) is 2.47. The summed E-state index contributed by atoms with van der Waals surface area (Å²) in [5, 5.41) is 1.81. The van der Waals surface area contributed by atoms with Crippen molar-refractivity contribution in [2.24, 2.45) is 3.21 Å². The van der Waals surface area contributed by atoms with Gasteiger partial charge in [0.1, 0.15) is 29.6 Å². The first-order valence-corrected chi connectivity index (χ1v) is 4.67. The van der Waals surface area contributed by atoms with Crippen molar-refractivity contribution in [3.05, 3.63) is 12.3 Å². The highest BCUT2D eigenvalue weighted by atomic mass is 127. The molecule has 0 radical (unpaired) electrons. The summed E-state index contributed by atoms with van der Waals surface area (Å²) in [6.45, 7) is -2.25. The summed E-state index contributed by atoms with van der Waals surface area (Å²) in [5.74, 6) is 0. The monoisotopic (exact) mass is 402 g/mol. The molecule has 0 rings (SSSR count). The summed E-state index contributed by atoms with van der Waals surface area (Å²) in [5.41, 5.74) is 0.582. The van der Waals surface area contributed by atoms with E-state index >= 15 is 0 Å². The molecule has 0 aliphatic carbocycles. The molecule has 0 amide bonds. The Bertz CT molecular complexity index is 175. The van der Waals surface area contributed by atoms with Gasteiger partial charge in [0.05, 0.1) is 28.6 Å². The van der Waals surface area contributed by atoms with Crippen molar-refractivity contribution in [2.75, 3.05) is 6.61 Å². The first-order chi connectivity index (χ1) is 5.70. The van der Waals surface area contributed by atoms with Crippen molar-refractivity contribution in [3.8, 4) is 0 Å². The van der Waals surface area contributed by atoms with E-state index in [0.717, 1.165) is 6.20 Å². The minimum absolute atomic E-state index is 0.297. The lowest BCUT2D eigenvalue weighted by Crippen LogP contribution is -2.13. The van der Waals surface area contributed by atoms with E-state index in [0.29, 0.717) is 12.3 Å². The summed E-state index contributed by atoms with van der Waals surface area (Å²) in [6, 6.07) is 0. The number of nitrogens with zero attached hydrogens (tertiary/aromatic N) is 1. The van der Waals surface area contributed by atoms with E-state index in [1.54, 1.807) is 45.9 Å². The van der Waals surface area contributed by atoms with E-state index in [1.807, 2.05) is 5.32 Å². The second-order valence-electron chi connectivity index (χ2n) is 1.63. The Morgan fingerprint density at radius 2 is 2.33 bits per heavy atom. The molecule has 7 heteroatoms. The van der Waals surface area contributed by atoms with Crippen molar-refractivity contribution in [3.63, 3.8) is 0 Å². The topological polar surface area (TPSA) is 33.6 Å². The highest BCUT2D eigenvalue weighted by Gasteiger charge is 1.95. The molecule has 0 saturated carbocycles. The lowest BCUT2D eigenvalue weighted by atomic mass is 10.4. The van der Waals surface area contributed by atoms with E-state index in [2.05, 4.69) is 3.21 Å². The van der Waals surface area contributed by atoms with Gasteiger partial charge in [-0.25, -0.2) is 3.21 Å². The van der Waals surface area contributed by atoms with E-state index in [4.69, 9.17) is 3.07 Å². The van der Waals surface area contributed by atoms with Crippen LogP contribution in [0.25, 0.3) is 0 Å². The molecule has 0 atom stereocenters. The van der Waals surface area contributed by atoms with E-state index in [-0.39, 0.29) is 0 Å². The van der Waals surface area contributed by atoms with Crippen molar-refractivity contribution < 1.29 is 11.8 Å². The van der Waals surface area contributed by atoms with Crippen molar-refractivity contribution >= 4 is 51.6 Å². The van der Waals surface area contributed by atoms with Crippen LogP contribution >= 0.6 is 45.9 Å². The zero-order valence-corrected chi connectivity index (χ0v) is 10.1. The molecule has 0 fully saturated rings. The van der Waals surface area contributed by atoms with Gasteiger partial charge in [-0.2, -0.15) is 8.78 Å². The summed E-state index contributed by atoms with van der Waals surface area (Å²) in [4.78, 5) is 0. The SMILES string of the molecule is FC(F)N/C=C\C(COI)=N/I. The second kappa shape index (κ2) is 8.10. The normalized spacial score (nSPS) is 12.9. The molecule has 3 nitrogen and oxygen atoms in total. The van der Waals surface area contributed by atoms with E-state index in [9.17, 15) is 8.78 Å². The number of alkyl halides is 2. The van der Waals surface area contributed by atoms with E-state index in [1.165, 1.54) is 6.08 Å². The summed E-state index contributed by atoms with van der Waals surface area (Å²) in [6.07, 6.45) is 2.56. The quantitative estimate of drug-likeness (QED) is 0.436. The Balaban J connectivity index is 3.78. The van der Waals surface area contributed by atoms with Gasteiger partial charge < -0.3 is 8.38 Å². The minimum Gasteiger partial charge on any atom is -0.336 e. The molecule has 0 unspecified atom stereocenters. The van der Waals surface area contributed by atoms with Crippen LogP contribution < -0.4 is 5.32 Å². The zero-order chi connectivity index (χ0) is 9.40. The number of rotatable bonds is 5. The number of halogens is 4. The Labute approximate surface area is 96.8 Å². The van der Waals surface area contributed by atoms with Gasteiger partial charge >= 0.3 is 6.55 Å². The Hall–Kier alpha value is 0.490. The van der Waals surface area contributed by atoms with Crippen molar-refractivity contribution in [1.29, 1.82) is 0 Å². The number of hydrogen-bond acceptors (Lipinski definition) is 3. The maximum absolute atomic E-state index is 11.5. The molecular formula is C5H6F2I2N2O. The van der Waals surface area contributed by atoms with Crippen LogP contribution in [0.1, 0.15) is 0 Å². The van der Waals surface area contributed by atoms with Crippen LogP contribution in [0.4, 0.5) is 8.78 Å². The fourth-order valence-electron chi connectivity index (χ4n) is 0.374. The van der Waals surface area contributed by atoms with Crippen LogP contribution in [-0.2, 0) is 3.07 Å². The predicted molar refractivity (Wildman–Crippen MR) is 59.7 cm³/mol. The average molecular weight is 402 g/mol. The van der Waals surface area contributed by atoms with Crippen molar-refractivity contribution in [1.82, 2.24) is 5.32 Å². The molecule has 0 aromatic carbocycles. The fourth-order valence-corrected chi connectivity index (χ4v) is 0.993. The third-order valence-corrected chi connectivity index (χ3v) is 1.74. The van der Waals surface area contributed by atoms with Gasteiger partial charge in [-0.3, -0.25) is 0 Å². The van der Waals surface area contributed by atoms with Crippen LogP contribution in [-0.4, -0.2) is 18.9 Å². The first-order valence-electron chi connectivity index (χ1n) is 2.82. The van der Waals surface area contributed by atoms with Crippen molar-refractivity contribution in [2.45, 2.75) is 6.55 Å². The molecule has 0 aliphatic heterocycles.